The molecule has 0 bridgehead atoms. The standard InChI is InChI=1S/C36H64N4O7.2ClH/c1-7-8-13-38-36(43)31(27(4)5)24-33(41)32(37)22-28(26(2)3)25-39-35(42)30-12-11-29(23-34(30)47-18-10-9-17-44-6)46-21-16-40-14-19-45-20-15-40;;/h11-12,23,26-28,31-33,41H,7-10,13-22,24-25,37H2,1-6H3,(H,38,43)(H,39,42);2*1H/t28-,31+,32+,33+;;/m1../s1. The first-order valence-corrected chi connectivity index (χ1v) is 17.7. The number of rotatable bonds is 24. The van der Waals surface area contributed by atoms with Crippen molar-refractivity contribution in [3.63, 3.8) is 0 Å². The minimum absolute atomic E-state index is 0. The number of nitrogens with zero attached hydrogens (tertiary/aromatic N) is 1. The second kappa shape index (κ2) is 26.9. The second-order valence-electron chi connectivity index (χ2n) is 13.4. The van der Waals surface area contributed by atoms with Gasteiger partial charge in [0, 0.05) is 64.5 Å². The van der Waals surface area contributed by atoms with Gasteiger partial charge in [-0.2, -0.15) is 0 Å². The Hall–Kier alpha value is -1.86. The van der Waals surface area contributed by atoms with Crippen molar-refractivity contribution in [2.75, 3.05) is 72.9 Å². The normalized spacial score (nSPS) is 15.8. The van der Waals surface area contributed by atoms with E-state index in [-0.39, 0.29) is 60.3 Å². The summed E-state index contributed by atoms with van der Waals surface area (Å²) in [4.78, 5) is 28.6. The molecular weight excluding hydrogens is 671 g/mol. The Morgan fingerprint density at radius 2 is 1.65 bits per heavy atom. The van der Waals surface area contributed by atoms with E-state index in [1.165, 1.54) is 0 Å². The maximum Gasteiger partial charge on any atom is 0.255 e. The molecule has 0 radical (unpaired) electrons. The van der Waals surface area contributed by atoms with E-state index < -0.39 is 12.1 Å². The number of carbonyl (C=O) groups is 2. The van der Waals surface area contributed by atoms with E-state index in [9.17, 15) is 14.7 Å². The van der Waals surface area contributed by atoms with E-state index in [2.05, 4.69) is 36.3 Å². The molecule has 286 valence electrons. The van der Waals surface area contributed by atoms with E-state index in [1.54, 1.807) is 19.2 Å². The molecule has 2 amide bonds. The summed E-state index contributed by atoms with van der Waals surface area (Å²) in [5, 5.41) is 17.1. The number of nitrogens with one attached hydrogen (secondary N) is 2. The van der Waals surface area contributed by atoms with Crippen LogP contribution in [0.25, 0.3) is 0 Å². The number of unbranched alkanes of at least 4 members (excludes halogenated alkanes) is 2. The van der Waals surface area contributed by atoms with Gasteiger partial charge in [0.1, 0.15) is 18.1 Å². The SMILES string of the molecule is CCCCNC(=O)[C@@H](C[C@H](O)[C@@H](N)C[C@H](CNC(=O)c1ccc(OCCN2CCOCC2)cc1OCCCCOC)C(C)C)C(C)C.Cl.Cl. The molecule has 2 rings (SSSR count). The molecule has 1 aliphatic rings. The summed E-state index contributed by atoms with van der Waals surface area (Å²) >= 11 is 0. The van der Waals surface area contributed by atoms with E-state index >= 15 is 0 Å². The number of nitrogens with two attached hydrogens (primary N) is 1. The third-order valence-electron chi connectivity index (χ3n) is 8.98. The Kier molecular flexibility index (Phi) is 25.9. The number of hydrogen-bond donors (Lipinski definition) is 4. The lowest BCUT2D eigenvalue weighted by Crippen LogP contribution is -2.44. The first-order chi connectivity index (χ1) is 22.6. The van der Waals surface area contributed by atoms with Crippen molar-refractivity contribution in [3.05, 3.63) is 23.8 Å². The van der Waals surface area contributed by atoms with E-state index in [1.807, 2.05) is 19.9 Å². The lowest BCUT2D eigenvalue weighted by Gasteiger charge is -2.30. The van der Waals surface area contributed by atoms with Crippen LogP contribution in [-0.4, -0.2) is 107 Å². The number of benzene rings is 1. The topological polar surface area (TPSA) is 145 Å². The monoisotopic (exact) mass is 736 g/mol. The highest BCUT2D eigenvalue weighted by Crippen LogP contribution is 2.27. The third kappa shape index (κ3) is 18.3. The van der Waals surface area contributed by atoms with Gasteiger partial charge in [0.2, 0.25) is 5.91 Å². The predicted molar refractivity (Wildman–Crippen MR) is 200 cm³/mol. The highest BCUT2D eigenvalue weighted by atomic mass is 35.5. The average molecular weight is 738 g/mol. The molecule has 0 spiro atoms. The number of aliphatic hydroxyl groups excluding tert-OH is 1. The molecule has 1 aromatic rings. The first-order valence-electron chi connectivity index (χ1n) is 17.7. The Morgan fingerprint density at radius 1 is 0.959 bits per heavy atom. The Bertz CT molecular complexity index is 1030. The van der Waals surface area contributed by atoms with Gasteiger partial charge in [0.15, 0.2) is 0 Å². The van der Waals surface area contributed by atoms with Crippen LogP contribution in [0.3, 0.4) is 0 Å². The highest BCUT2D eigenvalue weighted by molar-refractivity contribution is 5.97. The number of aliphatic hydroxyl groups is 1. The summed E-state index contributed by atoms with van der Waals surface area (Å²) in [6, 6.07) is 4.83. The average Bonchev–Trinajstić information content (AvgIpc) is 3.05. The summed E-state index contributed by atoms with van der Waals surface area (Å²) in [6.07, 6.45) is 3.58. The minimum atomic E-state index is -0.829. The van der Waals surface area contributed by atoms with Crippen molar-refractivity contribution >= 4 is 36.6 Å². The Morgan fingerprint density at radius 3 is 2.29 bits per heavy atom. The van der Waals surface area contributed by atoms with Gasteiger partial charge in [-0.1, -0.05) is 41.0 Å². The molecule has 1 aliphatic heterocycles. The summed E-state index contributed by atoms with van der Waals surface area (Å²) in [7, 11) is 1.68. The van der Waals surface area contributed by atoms with Gasteiger partial charge in [0.25, 0.3) is 5.91 Å². The van der Waals surface area contributed by atoms with E-state index in [0.717, 1.165) is 58.5 Å². The molecule has 0 aromatic heterocycles. The van der Waals surface area contributed by atoms with Crippen LogP contribution in [0.15, 0.2) is 18.2 Å². The fourth-order valence-electron chi connectivity index (χ4n) is 5.60. The maximum absolute atomic E-state index is 13.5. The molecule has 49 heavy (non-hydrogen) atoms. The van der Waals surface area contributed by atoms with Gasteiger partial charge in [0.05, 0.1) is 31.5 Å². The molecule has 0 saturated carbocycles. The quantitative estimate of drug-likeness (QED) is 0.111. The number of hydrogen-bond acceptors (Lipinski definition) is 9. The summed E-state index contributed by atoms with van der Waals surface area (Å²) in [6.45, 7) is 17.0. The largest absolute Gasteiger partial charge is 0.493 e. The number of methoxy groups -OCH3 is 1. The lowest BCUT2D eigenvalue weighted by atomic mass is 9.83. The van der Waals surface area contributed by atoms with Crippen LogP contribution in [0.1, 0.15) is 83.5 Å². The van der Waals surface area contributed by atoms with Crippen molar-refractivity contribution in [2.24, 2.45) is 29.4 Å². The van der Waals surface area contributed by atoms with Crippen molar-refractivity contribution in [1.29, 1.82) is 0 Å². The molecular formula is C36H66Cl2N4O7. The van der Waals surface area contributed by atoms with Crippen LogP contribution in [0.4, 0.5) is 0 Å². The molecule has 1 aromatic carbocycles. The fraction of sp³-hybridized carbons (Fsp3) is 0.778. The molecule has 13 heteroatoms. The summed E-state index contributed by atoms with van der Waals surface area (Å²) in [5.41, 5.74) is 6.96. The first kappa shape index (κ1) is 47.1. The molecule has 11 nitrogen and oxygen atoms in total. The zero-order chi connectivity index (χ0) is 34.6. The summed E-state index contributed by atoms with van der Waals surface area (Å²) < 4.78 is 22.7. The van der Waals surface area contributed by atoms with Crippen LogP contribution in [0, 0.1) is 23.7 Å². The molecule has 5 N–H and O–H groups in total. The molecule has 1 saturated heterocycles. The van der Waals surface area contributed by atoms with Gasteiger partial charge < -0.3 is 40.4 Å². The Balaban J connectivity index is 0.0000115. The second-order valence-corrected chi connectivity index (χ2v) is 13.4. The third-order valence-corrected chi connectivity index (χ3v) is 8.98. The highest BCUT2D eigenvalue weighted by Gasteiger charge is 2.30. The number of amides is 2. The molecule has 0 aliphatic carbocycles. The number of halogens is 2. The van der Waals surface area contributed by atoms with Gasteiger partial charge >= 0.3 is 0 Å². The summed E-state index contributed by atoms with van der Waals surface area (Å²) in [5.74, 6) is 0.874. The van der Waals surface area contributed by atoms with Crippen molar-refractivity contribution in [3.8, 4) is 11.5 Å². The van der Waals surface area contributed by atoms with Gasteiger partial charge in [-0.05, 0) is 62.0 Å². The van der Waals surface area contributed by atoms with E-state index in [4.69, 9.17) is 24.7 Å². The van der Waals surface area contributed by atoms with Crippen molar-refractivity contribution in [2.45, 2.75) is 85.3 Å². The zero-order valence-electron chi connectivity index (χ0n) is 30.7. The minimum Gasteiger partial charge on any atom is -0.493 e. The van der Waals surface area contributed by atoms with Gasteiger partial charge in [-0.3, -0.25) is 14.5 Å². The van der Waals surface area contributed by atoms with Crippen LogP contribution >= 0.6 is 24.8 Å². The van der Waals surface area contributed by atoms with Crippen molar-refractivity contribution < 1.29 is 33.6 Å². The number of carbonyl (C=O) groups excluding carboxylic acids is 2. The smallest absolute Gasteiger partial charge is 0.255 e. The maximum atomic E-state index is 13.5. The lowest BCUT2D eigenvalue weighted by molar-refractivity contribution is -0.127. The number of morpholine rings is 1. The molecule has 1 fully saturated rings. The fourth-order valence-corrected chi connectivity index (χ4v) is 5.60. The van der Waals surface area contributed by atoms with Crippen LogP contribution in [0.2, 0.25) is 0 Å². The van der Waals surface area contributed by atoms with Crippen LogP contribution in [0.5, 0.6) is 11.5 Å². The van der Waals surface area contributed by atoms with Gasteiger partial charge in [-0.25, -0.2) is 0 Å². The van der Waals surface area contributed by atoms with Crippen LogP contribution < -0.4 is 25.8 Å². The van der Waals surface area contributed by atoms with E-state index in [0.29, 0.717) is 62.8 Å². The van der Waals surface area contributed by atoms with Gasteiger partial charge in [-0.15, -0.1) is 24.8 Å². The molecule has 4 atom stereocenters. The predicted octanol–water partition coefficient (Wildman–Crippen LogP) is 4.71. The molecule has 1 heterocycles. The Labute approximate surface area is 307 Å². The zero-order valence-corrected chi connectivity index (χ0v) is 32.4. The number of ether oxygens (including phenoxy) is 4. The van der Waals surface area contributed by atoms with Crippen LogP contribution in [-0.2, 0) is 14.3 Å². The van der Waals surface area contributed by atoms with Crippen molar-refractivity contribution in [1.82, 2.24) is 15.5 Å². The molecule has 0 unspecified atom stereocenters.